The van der Waals surface area contributed by atoms with E-state index in [0.717, 1.165) is 42.5 Å². The van der Waals surface area contributed by atoms with Crippen LogP contribution in [0.15, 0.2) is 54.9 Å². The van der Waals surface area contributed by atoms with Crippen LogP contribution in [0.5, 0.6) is 5.75 Å². The fourth-order valence-electron chi connectivity index (χ4n) is 7.06. The Balaban J connectivity index is 1.18. The second-order valence-electron chi connectivity index (χ2n) is 12.9. The molecule has 3 saturated carbocycles. The van der Waals surface area contributed by atoms with E-state index in [9.17, 15) is 14.9 Å². The Kier molecular flexibility index (Phi) is 9.39. The molecular formula is C36H43N5O4. The van der Waals surface area contributed by atoms with Crippen LogP contribution in [0, 0.1) is 23.2 Å². The first-order chi connectivity index (χ1) is 21.9. The lowest BCUT2D eigenvalue weighted by Gasteiger charge is -2.36. The van der Waals surface area contributed by atoms with Gasteiger partial charge in [-0.05, 0) is 111 Å². The van der Waals surface area contributed by atoms with Crippen molar-refractivity contribution in [2.75, 3.05) is 25.6 Å². The van der Waals surface area contributed by atoms with E-state index < -0.39 is 6.09 Å². The van der Waals surface area contributed by atoms with E-state index >= 15 is 0 Å². The topological polar surface area (TPSA) is 109 Å². The highest BCUT2D eigenvalue weighted by Gasteiger charge is 2.34. The number of nitriles is 1. The smallest absolute Gasteiger partial charge is 0.407 e. The van der Waals surface area contributed by atoms with Gasteiger partial charge in [-0.2, -0.15) is 10.4 Å². The van der Waals surface area contributed by atoms with Crippen molar-refractivity contribution in [1.82, 2.24) is 15.1 Å². The summed E-state index contributed by atoms with van der Waals surface area (Å²) >= 11 is 0. The number of nitrogens with one attached hydrogen (secondary N) is 1. The van der Waals surface area contributed by atoms with Crippen LogP contribution in [-0.2, 0) is 9.53 Å². The van der Waals surface area contributed by atoms with Crippen molar-refractivity contribution < 1.29 is 19.1 Å². The molecule has 0 saturated heterocycles. The minimum Gasteiger partial charge on any atom is -0.495 e. The van der Waals surface area contributed by atoms with Crippen molar-refractivity contribution in [2.24, 2.45) is 11.8 Å². The van der Waals surface area contributed by atoms with Crippen molar-refractivity contribution in [3.63, 3.8) is 0 Å². The predicted octanol–water partition coefficient (Wildman–Crippen LogP) is 6.99. The molecule has 0 atom stereocenters. The summed E-state index contributed by atoms with van der Waals surface area (Å²) in [6.07, 6.45) is 12.7. The lowest BCUT2D eigenvalue weighted by Crippen LogP contribution is -2.42. The molecule has 236 valence electrons. The molecule has 45 heavy (non-hydrogen) atoms. The summed E-state index contributed by atoms with van der Waals surface area (Å²) in [5.74, 6) is 1.45. The van der Waals surface area contributed by atoms with E-state index in [2.05, 4.69) is 51.6 Å². The zero-order valence-corrected chi connectivity index (χ0v) is 26.3. The van der Waals surface area contributed by atoms with Crippen molar-refractivity contribution in [3.05, 3.63) is 66.0 Å². The molecule has 3 aromatic rings. The van der Waals surface area contributed by atoms with Gasteiger partial charge in [0.1, 0.15) is 17.9 Å². The number of benzene rings is 2. The Morgan fingerprint density at radius 2 is 1.78 bits per heavy atom. The maximum Gasteiger partial charge on any atom is 0.407 e. The highest BCUT2D eigenvalue weighted by Crippen LogP contribution is 2.40. The minimum absolute atomic E-state index is 0.101. The van der Waals surface area contributed by atoms with Gasteiger partial charge in [0.15, 0.2) is 0 Å². The largest absolute Gasteiger partial charge is 0.495 e. The first-order valence-electron chi connectivity index (χ1n) is 16.4. The summed E-state index contributed by atoms with van der Waals surface area (Å²) < 4.78 is 12.9. The number of hydrogen-bond donors (Lipinski definition) is 1. The maximum absolute atomic E-state index is 14.3. The van der Waals surface area contributed by atoms with Crippen molar-refractivity contribution >= 4 is 17.7 Å². The Morgan fingerprint density at radius 3 is 2.47 bits per heavy atom. The van der Waals surface area contributed by atoms with E-state index in [-0.39, 0.29) is 17.9 Å². The van der Waals surface area contributed by atoms with Gasteiger partial charge in [-0.15, -0.1) is 0 Å². The van der Waals surface area contributed by atoms with Gasteiger partial charge in [0.05, 0.1) is 24.9 Å². The molecule has 0 radical (unpaired) electrons. The average Bonchev–Trinajstić information content (AvgIpc) is 3.82. The normalized spacial score (nSPS) is 23.0. The molecule has 9 heteroatoms. The third-order valence-corrected chi connectivity index (χ3v) is 9.88. The van der Waals surface area contributed by atoms with E-state index in [0.29, 0.717) is 61.4 Å². The summed E-state index contributed by atoms with van der Waals surface area (Å²) in [5.41, 5.74) is 4.83. The monoisotopic (exact) mass is 609 g/mol. The van der Waals surface area contributed by atoms with Crippen LogP contribution < -0.4 is 15.0 Å². The molecule has 0 spiro atoms. The lowest BCUT2D eigenvalue weighted by molar-refractivity contribution is -0.124. The number of carbonyl (C=O) groups excluding carboxylic acids is 2. The second-order valence-corrected chi connectivity index (χ2v) is 12.9. The molecule has 1 aromatic heterocycles. The first-order valence-corrected chi connectivity index (χ1v) is 16.4. The van der Waals surface area contributed by atoms with Crippen LogP contribution in [0.4, 0.5) is 10.5 Å². The summed E-state index contributed by atoms with van der Waals surface area (Å²) in [6, 6.07) is 17.1. The van der Waals surface area contributed by atoms with Crippen LogP contribution in [0.2, 0.25) is 0 Å². The fourth-order valence-corrected chi connectivity index (χ4v) is 7.06. The van der Waals surface area contributed by atoms with Gasteiger partial charge in [0, 0.05) is 37.0 Å². The molecule has 0 unspecified atom stereocenters. The highest BCUT2D eigenvalue weighted by atomic mass is 16.6. The number of anilines is 1. The number of rotatable bonds is 9. The molecule has 0 bridgehead atoms. The van der Waals surface area contributed by atoms with Crippen molar-refractivity contribution in [1.29, 1.82) is 5.26 Å². The van der Waals surface area contributed by atoms with Gasteiger partial charge in [-0.1, -0.05) is 18.2 Å². The van der Waals surface area contributed by atoms with Gasteiger partial charge in [-0.3, -0.25) is 9.48 Å². The predicted molar refractivity (Wildman–Crippen MR) is 172 cm³/mol. The van der Waals surface area contributed by atoms with Crippen molar-refractivity contribution in [2.45, 2.75) is 82.3 Å². The Hall–Kier alpha value is -4.32. The first kappa shape index (κ1) is 30.7. The number of nitrogens with zero attached hydrogens (tertiary/aromatic N) is 4. The van der Waals surface area contributed by atoms with E-state index in [4.69, 9.17) is 9.47 Å². The number of alkyl carbamates (subject to hydrolysis) is 1. The summed E-state index contributed by atoms with van der Waals surface area (Å²) in [6.45, 7) is 0.678. The number of amides is 2. The van der Waals surface area contributed by atoms with Crippen LogP contribution in [0.1, 0.15) is 87.3 Å². The third-order valence-electron chi connectivity index (χ3n) is 9.88. The Morgan fingerprint density at radius 1 is 1.00 bits per heavy atom. The average molecular weight is 610 g/mol. The number of carbonyl (C=O) groups is 2. The van der Waals surface area contributed by atoms with E-state index in [1.54, 1.807) is 14.2 Å². The standard InChI is InChI=1S/C36H43N5O4/c1-38-36(43)45-33-15-10-26(11-16-33)35(42)40(32-5-3-4-27(19-32)30-21-39-41(23-30)31-13-14-31)22-24-6-8-25(9-7-24)28-12-17-34(44-2)29(18-28)20-37/h3-5,12,17-19,21,23-26,31,33H,6-11,13-16,22H2,1-2H3,(H,38,43)/t24-,25-,26-,33-. The zero-order chi connectivity index (χ0) is 31.3. The van der Waals surface area contributed by atoms with Crippen LogP contribution >= 0.6 is 0 Å². The van der Waals surface area contributed by atoms with Crippen LogP contribution in [0.25, 0.3) is 11.1 Å². The third kappa shape index (κ3) is 7.16. The SMILES string of the molecule is CNC(=O)O[C@H]1CC[C@H](C(=O)N(C[C@H]2CC[C@H](c3ccc(OC)c(C#N)c3)CC2)c2cccc(-c3cnn(C4CC4)c3)c2)CC1. The molecule has 9 nitrogen and oxygen atoms in total. The quantitative estimate of drug-likeness (QED) is 0.280. The second kappa shape index (κ2) is 13.8. The zero-order valence-electron chi connectivity index (χ0n) is 26.3. The molecule has 3 aliphatic rings. The minimum atomic E-state index is -0.415. The van der Waals surface area contributed by atoms with Crippen LogP contribution in [-0.4, -0.2) is 48.6 Å². The van der Waals surface area contributed by atoms with Gasteiger partial charge in [0.2, 0.25) is 5.91 Å². The molecule has 0 aliphatic heterocycles. The van der Waals surface area contributed by atoms with E-state index in [1.807, 2.05) is 29.3 Å². The summed E-state index contributed by atoms with van der Waals surface area (Å²) in [5, 5.41) is 16.7. The molecule has 1 N–H and O–H groups in total. The van der Waals surface area contributed by atoms with E-state index in [1.165, 1.54) is 18.4 Å². The van der Waals surface area contributed by atoms with Crippen molar-refractivity contribution in [3.8, 4) is 22.9 Å². The molecular weight excluding hydrogens is 566 g/mol. The van der Waals surface area contributed by atoms with Crippen LogP contribution in [0.3, 0.4) is 0 Å². The molecule has 3 aliphatic carbocycles. The molecule has 3 fully saturated rings. The Labute approximate surface area is 265 Å². The molecule has 2 amide bonds. The fraction of sp³-hybridized carbons (Fsp3) is 0.500. The summed E-state index contributed by atoms with van der Waals surface area (Å²) in [7, 11) is 3.16. The number of ether oxygens (including phenoxy) is 2. The number of methoxy groups -OCH3 is 1. The molecule has 1 heterocycles. The van der Waals surface area contributed by atoms with Gasteiger partial charge >= 0.3 is 6.09 Å². The maximum atomic E-state index is 14.3. The lowest BCUT2D eigenvalue weighted by atomic mass is 9.78. The Bertz CT molecular complexity index is 1540. The highest BCUT2D eigenvalue weighted by molar-refractivity contribution is 5.95. The van der Waals surface area contributed by atoms with Gasteiger partial charge < -0.3 is 19.7 Å². The van der Waals surface area contributed by atoms with Gasteiger partial charge in [0.25, 0.3) is 0 Å². The number of aromatic nitrogens is 2. The molecule has 6 rings (SSSR count). The summed E-state index contributed by atoms with van der Waals surface area (Å²) in [4.78, 5) is 28.0. The molecule has 2 aromatic carbocycles. The van der Waals surface area contributed by atoms with Gasteiger partial charge in [-0.25, -0.2) is 4.79 Å². The number of hydrogen-bond acceptors (Lipinski definition) is 6.